The summed E-state index contributed by atoms with van der Waals surface area (Å²) in [6.45, 7) is 1.82. The molecule has 2 amide bonds. The molecule has 1 aliphatic heterocycles. The van der Waals surface area contributed by atoms with Crippen LogP contribution in [0.2, 0.25) is 0 Å². The first-order chi connectivity index (χ1) is 12.1. The maximum absolute atomic E-state index is 12.6. The van der Waals surface area contributed by atoms with Crippen molar-refractivity contribution in [2.75, 3.05) is 13.1 Å². The summed E-state index contributed by atoms with van der Waals surface area (Å²) in [5.74, 6) is 0.140. The second kappa shape index (κ2) is 8.47. The zero-order valence-electron chi connectivity index (χ0n) is 14.0. The lowest BCUT2D eigenvalue weighted by molar-refractivity contribution is -0.126. The Morgan fingerprint density at radius 3 is 2.32 bits per heavy atom. The van der Waals surface area contributed by atoms with Gasteiger partial charge in [-0.3, -0.25) is 9.59 Å². The SMILES string of the molecule is O=C(NCc1ccccc1)C1CCN(C(=O)c2ccccc2I)CC1. The summed E-state index contributed by atoms with van der Waals surface area (Å²) in [4.78, 5) is 26.8. The van der Waals surface area contributed by atoms with E-state index in [0.29, 0.717) is 19.6 Å². The van der Waals surface area contributed by atoms with Gasteiger partial charge in [0.2, 0.25) is 5.91 Å². The van der Waals surface area contributed by atoms with Crippen LogP contribution in [-0.4, -0.2) is 29.8 Å². The lowest BCUT2D eigenvalue weighted by Crippen LogP contribution is -2.43. The molecule has 0 aromatic heterocycles. The van der Waals surface area contributed by atoms with E-state index in [9.17, 15) is 9.59 Å². The summed E-state index contributed by atoms with van der Waals surface area (Å²) in [5.41, 5.74) is 1.84. The lowest BCUT2D eigenvalue weighted by atomic mass is 9.95. The fourth-order valence-electron chi connectivity index (χ4n) is 3.08. The number of amides is 2. The number of rotatable bonds is 4. The Labute approximate surface area is 161 Å². The highest BCUT2D eigenvalue weighted by atomic mass is 127. The van der Waals surface area contributed by atoms with Crippen LogP contribution in [-0.2, 0) is 11.3 Å². The maximum atomic E-state index is 12.6. The first-order valence-electron chi connectivity index (χ1n) is 8.50. The smallest absolute Gasteiger partial charge is 0.254 e. The molecule has 0 spiro atoms. The number of carbonyl (C=O) groups is 2. The topological polar surface area (TPSA) is 49.4 Å². The molecule has 1 heterocycles. The number of nitrogens with zero attached hydrogens (tertiary/aromatic N) is 1. The van der Waals surface area contributed by atoms with Gasteiger partial charge in [-0.1, -0.05) is 42.5 Å². The normalized spacial score (nSPS) is 15.0. The number of hydrogen-bond acceptors (Lipinski definition) is 2. The molecule has 0 bridgehead atoms. The fraction of sp³-hybridized carbons (Fsp3) is 0.300. The monoisotopic (exact) mass is 448 g/mol. The van der Waals surface area contributed by atoms with Crippen molar-refractivity contribution in [3.63, 3.8) is 0 Å². The standard InChI is InChI=1S/C20H21IN2O2/c21-18-9-5-4-8-17(18)20(25)23-12-10-16(11-13-23)19(24)22-14-15-6-2-1-3-7-15/h1-9,16H,10-14H2,(H,22,24). The highest BCUT2D eigenvalue weighted by Gasteiger charge is 2.28. The summed E-state index contributed by atoms with van der Waals surface area (Å²) in [5, 5.41) is 3.01. The number of hydrogen-bond donors (Lipinski definition) is 1. The van der Waals surface area contributed by atoms with Crippen LogP contribution in [0, 0.1) is 9.49 Å². The largest absolute Gasteiger partial charge is 0.352 e. The molecule has 1 fully saturated rings. The van der Waals surface area contributed by atoms with E-state index >= 15 is 0 Å². The summed E-state index contributed by atoms with van der Waals surface area (Å²) in [6, 6.07) is 17.5. The Hall–Kier alpha value is -1.89. The zero-order chi connectivity index (χ0) is 17.6. The Morgan fingerprint density at radius 2 is 1.64 bits per heavy atom. The van der Waals surface area contributed by atoms with Crippen molar-refractivity contribution < 1.29 is 9.59 Å². The fourth-order valence-corrected chi connectivity index (χ4v) is 3.70. The Balaban J connectivity index is 1.50. The highest BCUT2D eigenvalue weighted by Crippen LogP contribution is 2.21. The molecule has 4 nitrogen and oxygen atoms in total. The van der Waals surface area contributed by atoms with Gasteiger partial charge in [-0.25, -0.2) is 0 Å². The molecular formula is C20H21IN2O2. The minimum atomic E-state index is -0.0115. The van der Waals surface area contributed by atoms with Gasteiger partial charge in [-0.15, -0.1) is 0 Å². The maximum Gasteiger partial charge on any atom is 0.254 e. The molecule has 130 valence electrons. The first-order valence-corrected chi connectivity index (χ1v) is 9.58. The van der Waals surface area contributed by atoms with E-state index in [1.54, 1.807) is 0 Å². The molecule has 3 rings (SSSR count). The molecule has 0 radical (unpaired) electrons. The predicted molar refractivity (Wildman–Crippen MR) is 106 cm³/mol. The predicted octanol–water partition coefficient (Wildman–Crippen LogP) is 3.46. The number of carbonyl (C=O) groups excluding carboxylic acids is 2. The number of benzene rings is 2. The van der Waals surface area contributed by atoms with Crippen LogP contribution in [0.3, 0.4) is 0 Å². The molecule has 1 saturated heterocycles. The van der Waals surface area contributed by atoms with E-state index in [1.165, 1.54) is 0 Å². The van der Waals surface area contributed by atoms with Gasteiger partial charge >= 0.3 is 0 Å². The van der Waals surface area contributed by atoms with Gasteiger partial charge < -0.3 is 10.2 Å². The Morgan fingerprint density at radius 1 is 1.00 bits per heavy atom. The molecule has 1 aliphatic rings. The van der Waals surface area contributed by atoms with Crippen molar-refractivity contribution >= 4 is 34.4 Å². The molecule has 0 unspecified atom stereocenters. The first kappa shape index (κ1) is 17.9. The average Bonchev–Trinajstić information content (AvgIpc) is 2.67. The van der Waals surface area contributed by atoms with Crippen LogP contribution in [0.15, 0.2) is 54.6 Å². The van der Waals surface area contributed by atoms with Crippen molar-refractivity contribution in [1.82, 2.24) is 10.2 Å². The third kappa shape index (κ3) is 4.60. The van der Waals surface area contributed by atoms with E-state index in [-0.39, 0.29) is 17.7 Å². The van der Waals surface area contributed by atoms with Gasteiger partial charge in [-0.2, -0.15) is 0 Å². The van der Waals surface area contributed by atoms with E-state index in [2.05, 4.69) is 27.9 Å². The van der Waals surface area contributed by atoms with Gasteiger partial charge in [0.15, 0.2) is 0 Å². The summed E-state index contributed by atoms with van der Waals surface area (Å²) >= 11 is 2.19. The molecule has 5 heteroatoms. The molecule has 0 aliphatic carbocycles. The zero-order valence-corrected chi connectivity index (χ0v) is 16.1. The van der Waals surface area contributed by atoms with Crippen LogP contribution >= 0.6 is 22.6 Å². The Bertz CT molecular complexity index is 740. The molecule has 1 N–H and O–H groups in total. The number of piperidine rings is 1. The van der Waals surface area contributed by atoms with Crippen molar-refractivity contribution in [3.05, 3.63) is 69.3 Å². The van der Waals surface area contributed by atoms with Crippen molar-refractivity contribution in [2.45, 2.75) is 19.4 Å². The molecular weight excluding hydrogens is 427 g/mol. The number of halogens is 1. The van der Waals surface area contributed by atoms with Gasteiger partial charge in [0, 0.05) is 29.1 Å². The molecule has 0 saturated carbocycles. The van der Waals surface area contributed by atoms with Crippen LogP contribution in [0.1, 0.15) is 28.8 Å². The second-order valence-corrected chi connectivity index (χ2v) is 7.41. The number of nitrogens with one attached hydrogen (secondary N) is 1. The molecule has 2 aromatic carbocycles. The third-order valence-electron chi connectivity index (χ3n) is 4.57. The molecule has 0 atom stereocenters. The quantitative estimate of drug-likeness (QED) is 0.729. The van der Waals surface area contributed by atoms with Crippen molar-refractivity contribution in [2.24, 2.45) is 5.92 Å². The van der Waals surface area contributed by atoms with E-state index in [0.717, 1.165) is 27.5 Å². The van der Waals surface area contributed by atoms with Crippen molar-refractivity contribution in [1.29, 1.82) is 0 Å². The van der Waals surface area contributed by atoms with Gasteiger partial charge in [-0.05, 0) is 53.1 Å². The average molecular weight is 448 g/mol. The minimum absolute atomic E-state index is 0.0115. The van der Waals surface area contributed by atoms with E-state index in [1.807, 2.05) is 59.5 Å². The minimum Gasteiger partial charge on any atom is -0.352 e. The van der Waals surface area contributed by atoms with Gasteiger partial charge in [0.05, 0.1) is 5.56 Å². The van der Waals surface area contributed by atoms with Crippen LogP contribution in [0.5, 0.6) is 0 Å². The second-order valence-electron chi connectivity index (χ2n) is 6.25. The lowest BCUT2D eigenvalue weighted by Gasteiger charge is -2.31. The van der Waals surface area contributed by atoms with E-state index in [4.69, 9.17) is 0 Å². The van der Waals surface area contributed by atoms with Gasteiger partial charge in [0.1, 0.15) is 0 Å². The molecule has 2 aromatic rings. The highest BCUT2D eigenvalue weighted by molar-refractivity contribution is 14.1. The summed E-state index contributed by atoms with van der Waals surface area (Å²) < 4.78 is 0.966. The van der Waals surface area contributed by atoms with Crippen molar-refractivity contribution in [3.8, 4) is 0 Å². The van der Waals surface area contributed by atoms with Crippen LogP contribution < -0.4 is 5.32 Å². The Kier molecular flexibility index (Phi) is 6.07. The molecule has 25 heavy (non-hydrogen) atoms. The summed E-state index contributed by atoms with van der Waals surface area (Å²) in [7, 11) is 0. The van der Waals surface area contributed by atoms with Crippen LogP contribution in [0.4, 0.5) is 0 Å². The van der Waals surface area contributed by atoms with E-state index < -0.39 is 0 Å². The van der Waals surface area contributed by atoms with Crippen LogP contribution in [0.25, 0.3) is 0 Å². The third-order valence-corrected chi connectivity index (χ3v) is 5.51. The number of likely N-dealkylation sites (tertiary alicyclic amines) is 1. The summed E-state index contributed by atoms with van der Waals surface area (Å²) in [6.07, 6.45) is 1.44. The van der Waals surface area contributed by atoms with Gasteiger partial charge in [0.25, 0.3) is 5.91 Å².